The monoisotopic (exact) mass is 359 g/mol. The summed E-state index contributed by atoms with van der Waals surface area (Å²) >= 11 is 0. The summed E-state index contributed by atoms with van der Waals surface area (Å²) in [6, 6.07) is 2.11. The summed E-state index contributed by atoms with van der Waals surface area (Å²) in [7, 11) is 0. The summed E-state index contributed by atoms with van der Waals surface area (Å²) in [6.45, 7) is 1.75. The van der Waals surface area contributed by atoms with Gasteiger partial charge in [-0.3, -0.25) is 34.2 Å². The van der Waals surface area contributed by atoms with Crippen molar-refractivity contribution >= 4 is 29.6 Å². The van der Waals surface area contributed by atoms with Crippen LogP contribution in [0.15, 0.2) is 12.1 Å². The Morgan fingerprint density at radius 2 is 1.88 bits per heavy atom. The van der Waals surface area contributed by atoms with Gasteiger partial charge in [-0.2, -0.15) is 0 Å². The molecule has 1 saturated heterocycles. The normalized spacial score (nSPS) is 19.6. The Kier molecular flexibility index (Phi) is 4.56. The minimum Gasteiger partial charge on any atom is -0.480 e. The molecule has 4 amide bonds. The van der Waals surface area contributed by atoms with Crippen molar-refractivity contribution < 1.29 is 29.1 Å². The van der Waals surface area contributed by atoms with Gasteiger partial charge in [-0.05, 0) is 36.6 Å². The lowest BCUT2D eigenvalue weighted by Gasteiger charge is -2.27. The van der Waals surface area contributed by atoms with Crippen molar-refractivity contribution in [2.24, 2.45) is 0 Å². The third-order valence-electron chi connectivity index (χ3n) is 4.49. The highest BCUT2D eigenvalue weighted by Gasteiger charge is 2.44. The number of benzene rings is 1. The molecule has 0 aromatic heterocycles. The predicted molar refractivity (Wildman–Crippen MR) is 87.2 cm³/mol. The number of piperidine rings is 1. The van der Waals surface area contributed by atoms with Crippen LogP contribution in [0.4, 0.5) is 0 Å². The first-order valence-electron chi connectivity index (χ1n) is 8.07. The van der Waals surface area contributed by atoms with Crippen molar-refractivity contribution in [1.29, 1.82) is 0 Å². The number of nitrogens with zero attached hydrogens (tertiary/aromatic N) is 1. The van der Waals surface area contributed by atoms with Crippen LogP contribution in [-0.4, -0.2) is 52.2 Å². The Labute approximate surface area is 148 Å². The molecular formula is C17H17N3O6. The van der Waals surface area contributed by atoms with Crippen molar-refractivity contribution in [3.63, 3.8) is 0 Å². The maximum Gasteiger partial charge on any atom is 0.317 e. The minimum absolute atomic E-state index is 0.0627. The molecule has 0 aliphatic carbocycles. The van der Waals surface area contributed by atoms with Gasteiger partial charge in [0.25, 0.3) is 11.8 Å². The molecule has 0 radical (unpaired) electrons. The lowest BCUT2D eigenvalue weighted by molar-refractivity contribution is -0.137. The molecule has 1 unspecified atom stereocenters. The smallest absolute Gasteiger partial charge is 0.317 e. The zero-order valence-electron chi connectivity index (χ0n) is 14.0. The zero-order valence-corrected chi connectivity index (χ0v) is 14.0. The Bertz CT molecular complexity index is 847. The van der Waals surface area contributed by atoms with Gasteiger partial charge < -0.3 is 10.4 Å². The minimum atomic E-state index is -1.01. The number of carboxylic acids is 1. The van der Waals surface area contributed by atoms with Gasteiger partial charge in [0.05, 0.1) is 17.7 Å². The van der Waals surface area contributed by atoms with Crippen molar-refractivity contribution in [1.82, 2.24) is 15.5 Å². The zero-order chi connectivity index (χ0) is 19.0. The highest BCUT2D eigenvalue weighted by molar-refractivity contribution is 6.23. The van der Waals surface area contributed by atoms with Crippen LogP contribution in [0.3, 0.4) is 0 Å². The van der Waals surface area contributed by atoms with Gasteiger partial charge in [0.15, 0.2) is 0 Å². The molecule has 2 heterocycles. The van der Waals surface area contributed by atoms with Gasteiger partial charge >= 0.3 is 5.97 Å². The Hall–Kier alpha value is -3.07. The average Bonchev–Trinajstić information content (AvgIpc) is 2.79. The molecule has 3 rings (SSSR count). The molecule has 1 aromatic rings. The van der Waals surface area contributed by atoms with Crippen LogP contribution in [0.1, 0.15) is 44.7 Å². The molecule has 26 heavy (non-hydrogen) atoms. The van der Waals surface area contributed by atoms with Crippen LogP contribution >= 0.6 is 0 Å². The van der Waals surface area contributed by atoms with E-state index in [9.17, 15) is 24.0 Å². The SMILES string of the molecule is Cc1cc2c(cc1CNCC(=O)O)C(=O)N(C1CCC(=O)NC1=O)C2=O. The molecule has 0 bridgehead atoms. The first-order valence-corrected chi connectivity index (χ1v) is 8.07. The largest absolute Gasteiger partial charge is 0.480 e. The van der Waals surface area contributed by atoms with Crippen LogP contribution in [0, 0.1) is 6.92 Å². The maximum atomic E-state index is 12.7. The van der Waals surface area contributed by atoms with E-state index in [4.69, 9.17) is 5.11 Å². The molecule has 136 valence electrons. The first kappa shape index (κ1) is 17.7. The molecule has 0 spiro atoms. The predicted octanol–water partition coefficient (Wildman–Crippen LogP) is -0.430. The fourth-order valence-corrected chi connectivity index (χ4v) is 3.16. The Balaban J connectivity index is 1.86. The van der Waals surface area contributed by atoms with E-state index in [1.165, 1.54) is 0 Å². The second kappa shape index (κ2) is 6.68. The number of imide groups is 2. The van der Waals surface area contributed by atoms with E-state index in [2.05, 4.69) is 10.6 Å². The summed E-state index contributed by atoms with van der Waals surface area (Å²) in [5.74, 6) is -3.23. The van der Waals surface area contributed by atoms with Crippen LogP contribution in [0.2, 0.25) is 0 Å². The molecule has 1 fully saturated rings. The number of aliphatic carboxylic acids is 1. The number of fused-ring (bicyclic) bond motifs is 1. The quantitative estimate of drug-likeness (QED) is 0.608. The second-order valence-electron chi connectivity index (χ2n) is 6.27. The summed E-state index contributed by atoms with van der Waals surface area (Å²) in [4.78, 5) is 60.2. The fraction of sp³-hybridized carbons (Fsp3) is 0.353. The fourth-order valence-electron chi connectivity index (χ4n) is 3.16. The molecule has 2 aliphatic heterocycles. The topological polar surface area (TPSA) is 133 Å². The lowest BCUT2D eigenvalue weighted by Crippen LogP contribution is -2.54. The molecule has 9 heteroatoms. The van der Waals surface area contributed by atoms with Crippen molar-refractivity contribution in [2.45, 2.75) is 32.4 Å². The van der Waals surface area contributed by atoms with E-state index in [1.807, 2.05) is 0 Å². The van der Waals surface area contributed by atoms with Crippen LogP contribution in [-0.2, 0) is 20.9 Å². The molecule has 0 saturated carbocycles. The number of nitrogens with one attached hydrogen (secondary N) is 2. The Morgan fingerprint density at radius 3 is 2.50 bits per heavy atom. The van der Waals surface area contributed by atoms with Crippen molar-refractivity contribution in [2.75, 3.05) is 6.54 Å². The van der Waals surface area contributed by atoms with Gasteiger partial charge in [-0.25, -0.2) is 0 Å². The summed E-state index contributed by atoms with van der Waals surface area (Å²) in [6.07, 6.45) is 0.162. The van der Waals surface area contributed by atoms with Crippen LogP contribution in [0.5, 0.6) is 0 Å². The van der Waals surface area contributed by atoms with E-state index in [-0.39, 0.29) is 37.1 Å². The van der Waals surface area contributed by atoms with Crippen molar-refractivity contribution in [3.05, 3.63) is 34.4 Å². The number of rotatable bonds is 5. The number of carboxylic acid groups (broad SMARTS) is 1. The molecule has 9 nitrogen and oxygen atoms in total. The third kappa shape index (κ3) is 3.08. The Morgan fingerprint density at radius 1 is 1.23 bits per heavy atom. The van der Waals surface area contributed by atoms with E-state index in [1.54, 1.807) is 19.1 Å². The molecule has 1 aromatic carbocycles. The number of amides is 4. The van der Waals surface area contributed by atoms with E-state index in [0.29, 0.717) is 5.56 Å². The molecule has 2 aliphatic rings. The van der Waals surface area contributed by atoms with Gasteiger partial charge in [0.2, 0.25) is 11.8 Å². The number of aryl methyl sites for hydroxylation is 1. The number of carbonyl (C=O) groups excluding carboxylic acids is 4. The van der Waals surface area contributed by atoms with E-state index < -0.39 is 35.6 Å². The van der Waals surface area contributed by atoms with Crippen LogP contribution in [0.25, 0.3) is 0 Å². The summed E-state index contributed by atoms with van der Waals surface area (Å²) in [5.41, 5.74) is 1.81. The lowest BCUT2D eigenvalue weighted by atomic mass is 10.0. The molecule has 3 N–H and O–H groups in total. The highest BCUT2D eigenvalue weighted by Crippen LogP contribution is 2.29. The first-order chi connectivity index (χ1) is 12.3. The highest BCUT2D eigenvalue weighted by atomic mass is 16.4. The average molecular weight is 359 g/mol. The number of carbonyl (C=O) groups is 5. The van der Waals surface area contributed by atoms with Gasteiger partial charge in [0, 0.05) is 13.0 Å². The van der Waals surface area contributed by atoms with E-state index >= 15 is 0 Å². The van der Waals surface area contributed by atoms with Gasteiger partial charge in [-0.1, -0.05) is 0 Å². The second-order valence-corrected chi connectivity index (χ2v) is 6.27. The van der Waals surface area contributed by atoms with Gasteiger partial charge in [-0.15, -0.1) is 0 Å². The number of hydrogen-bond donors (Lipinski definition) is 3. The van der Waals surface area contributed by atoms with Gasteiger partial charge in [0.1, 0.15) is 6.04 Å². The standard InChI is InChI=1S/C17H17N3O6/c1-8-4-10-11(5-9(8)6-18-7-14(22)23)17(26)20(16(10)25)12-2-3-13(21)19-15(12)24/h4-5,12,18H,2-3,6-7H2,1H3,(H,22,23)(H,19,21,24). The van der Waals surface area contributed by atoms with Crippen molar-refractivity contribution in [3.8, 4) is 0 Å². The maximum absolute atomic E-state index is 12.7. The number of hydrogen-bond acceptors (Lipinski definition) is 6. The molecule has 1 atom stereocenters. The molecular weight excluding hydrogens is 342 g/mol. The summed E-state index contributed by atoms with van der Waals surface area (Å²) in [5, 5.41) is 13.6. The van der Waals surface area contributed by atoms with Crippen LogP contribution < -0.4 is 10.6 Å². The summed E-state index contributed by atoms with van der Waals surface area (Å²) < 4.78 is 0. The van der Waals surface area contributed by atoms with E-state index in [0.717, 1.165) is 10.5 Å². The third-order valence-corrected chi connectivity index (χ3v) is 4.49.